The summed E-state index contributed by atoms with van der Waals surface area (Å²) in [6, 6.07) is 5.49. The predicted octanol–water partition coefficient (Wildman–Crippen LogP) is 3.91. The van der Waals surface area contributed by atoms with Crippen molar-refractivity contribution in [2.24, 2.45) is 5.41 Å². The van der Waals surface area contributed by atoms with E-state index in [-0.39, 0.29) is 18.2 Å². The number of rotatable bonds is 6. The van der Waals surface area contributed by atoms with Crippen LogP contribution in [0.15, 0.2) is 18.2 Å². The van der Waals surface area contributed by atoms with Gasteiger partial charge in [0.15, 0.2) is 0 Å². The third-order valence-electron chi connectivity index (χ3n) is 5.14. The fraction of sp³-hybridized carbons (Fsp3) is 0.579. The summed E-state index contributed by atoms with van der Waals surface area (Å²) in [5, 5.41) is 6.42. The number of halogens is 1. The van der Waals surface area contributed by atoms with Gasteiger partial charge in [0.05, 0.1) is 17.5 Å². The van der Waals surface area contributed by atoms with Crippen LogP contribution in [0.1, 0.15) is 51.4 Å². The van der Waals surface area contributed by atoms with Gasteiger partial charge < -0.3 is 15.4 Å². The van der Waals surface area contributed by atoms with Crippen molar-refractivity contribution in [1.29, 1.82) is 0 Å². The van der Waals surface area contributed by atoms with Crippen molar-refractivity contribution in [3.63, 3.8) is 0 Å². The maximum Gasteiger partial charge on any atom is 0.231 e. The maximum absolute atomic E-state index is 13.0. The smallest absolute Gasteiger partial charge is 0.231 e. The summed E-state index contributed by atoms with van der Waals surface area (Å²) in [5.74, 6) is 0.475. The zero-order chi connectivity index (χ0) is 17.9. The molecule has 6 heteroatoms. The monoisotopic (exact) mass is 364 g/mol. The average molecular weight is 365 g/mol. The van der Waals surface area contributed by atoms with Gasteiger partial charge >= 0.3 is 0 Å². The Morgan fingerprint density at radius 1 is 1.24 bits per heavy atom. The molecule has 1 aromatic rings. The van der Waals surface area contributed by atoms with Crippen LogP contribution in [-0.2, 0) is 9.59 Å². The number of carbonyl (C=O) groups excluding carboxylic acids is 2. The highest BCUT2D eigenvalue weighted by Crippen LogP contribution is 2.41. The second-order valence-electron chi connectivity index (χ2n) is 7.16. The molecule has 1 aromatic carbocycles. The number of nitrogens with one attached hydrogen (secondary N) is 2. The number of anilines is 1. The van der Waals surface area contributed by atoms with Crippen LogP contribution >= 0.6 is 11.6 Å². The Balaban J connectivity index is 1.72. The molecule has 5 nitrogen and oxygen atoms in total. The van der Waals surface area contributed by atoms with E-state index in [0.29, 0.717) is 22.5 Å². The lowest BCUT2D eigenvalue weighted by Crippen LogP contribution is -2.42. The van der Waals surface area contributed by atoms with Crippen LogP contribution in [0.3, 0.4) is 0 Å². The molecule has 2 N–H and O–H groups in total. The van der Waals surface area contributed by atoms with E-state index in [9.17, 15) is 9.59 Å². The van der Waals surface area contributed by atoms with Crippen LogP contribution < -0.4 is 15.4 Å². The quantitative estimate of drug-likeness (QED) is 0.804. The minimum atomic E-state index is -0.621. The van der Waals surface area contributed by atoms with Gasteiger partial charge in [0.1, 0.15) is 5.75 Å². The summed E-state index contributed by atoms with van der Waals surface area (Å²) in [6.07, 6.45) is 6.94. The first-order valence-corrected chi connectivity index (χ1v) is 9.34. The first-order chi connectivity index (χ1) is 12.0. The average Bonchev–Trinajstić information content (AvgIpc) is 3.39. The molecule has 136 valence electrons. The highest BCUT2D eigenvalue weighted by molar-refractivity contribution is 6.32. The Bertz CT molecular complexity index is 652. The molecule has 0 aromatic heterocycles. The zero-order valence-corrected chi connectivity index (χ0v) is 15.3. The summed E-state index contributed by atoms with van der Waals surface area (Å²) >= 11 is 6.14. The summed E-state index contributed by atoms with van der Waals surface area (Å²) < 4.78 is 5.14. The number of amides is 2. The number of hydrogen-bond acceptors (Lipinski definition) is 3. The zero-order valence-electron chi connectivity index (χ0n) is 14.6. The third kappa shape index (κ3) is 4.46. The fourth-order valence-corrected chi connectivity index (χ4v) is 3.79. The molecule has 0 spiro atoms. The molecular weight excluding hydrogens is 340 g/mol. The Kier molecular flexibility index (Phi) is 5.52. The fourth-order valence-electron chi connectivity index (χ4n) is 3.53. The van der Waals surface area contributed by atoms with Gasteiger partial charge in [-0.1, -0.05) is 30.9 Å². The first kappa shape index (κ1) is 18.1. The molecule has 2 amide bonds. The molecule has 0 saturated heterocycles. The molecule has 0 heterocycles. The molecule has 0 aliphatic heterocycles. The van der Waals surface area contributed by atoms with Crippen molar-refractivity contribution < 1.29 is 14.3 Å². The lowest BCUT2D eigenvalue weighted by molar-refractivity contribution is -0.134. The van der Waals surface area contributed by atoms with E-state index in [1.54, 1.807) is 25.3 Å². The lowest BCUT2D eigenvalue weighted by atomic mass is 9.71. The molecule has 0 radical (unpaired) electrons. The highest BCUT2D eigenvalue weighted by atomic mass is 35.5. The van der Waals surface area contributed by atoms with E-state index in [4.69, 9.17) is 16.3 Å². The number of methoxy groups -OCH3 is 1. The SMILES string of the molecule is COc1ccc(NC(=O)C2(CC(=O)NC3CC3)CCCCC2)cc1Cl. The summed E-state index contributed by atoms with van der Waals surface area (Å²) in [6.45, 7) is 0. The third-order valence-corrected chi connectivity index (χ3v) is 5.44. The minimum absolute atomic E-state index is 0.00712. The molecule has 2 aliphatic rings. The maximum atomic E-state index is 13.0. The number of carbonyl (C=O) groups is 2. The Morgan fingerprint density at radius 2 is 1.96 bits per heavy atom. The van der Waals surface area contributed by atoms with Crippen LogP contribution in [-0.4, -0.2) is 25.0 Å². The minimum Gasteiger partial charge on any atom is -0.495 e. The van der Waals surface area contributed by atoms with E-state index in [2.05, 4.69) is 10.6 Å². The van der Waals surface area contributed by atoms with Crippen LogP contribution in [0.2, 0.25) is 5.02 Å². The van der Waals surface area contributed by atoms with Gasteiger partial charge in [-0.2, -0.15) is 0 Å². The van der Waals surface area contributed by atoms with Crippen molar-refractivity contribution >= 4 is 29.1 Å². The molecule has 2 fully saturated rings. The number of benzene rings is 1. The Labute approximate surface area is 153 Å². The van der Waals surface area contributed by atoms with Gasteiger partial charge in [-0.3, -0.25) is 9.59 Å². The van der Waals surface area contributed by atoms with Crippen LogP contribution in [0.5, 0.6) is 5.75 Å². The van der Waals surface area contributed by atoms with Gasteiger partial charge in [0, 0.05) is 18.2 Å². The summed E-state index contributed by atoms with van der Waals surface area (Å²) in [4.78, 5) is 25.4. The lowest BCUT2D eigenvalue weighted by Gasteiger charge is -2.35. The second kappa shape index (κ2) is 7.65. The van der Waals surface area contributed by atoms with Gasteiger partial charge in [-0.05, 0) is 43.9 Å². The largest absolute Gasteiger partial charge is 0.495 e. The summed E-state index contributed by atoms with van der Waals surface area (Å²) in [7, 11) is 1.55. The first-order valence-electron chi connectivity index (χ1n) is 8.97. The van der Waals surface area contributed by atoms with Crippen LogP contribution in [0.25, 0.3) is 0 Å². The van der Waals surface area contributed by atoms with Gasteiger partial charge in [0.2, 0.25) is 11.8 Å². The molecule has 3 rings (SSSR count). The standard InChI is InChI=1S/C19H25ClN2O3/c1-25-16-8-7-14(11-15(16)20)22-18(24)19(9-3-2-4-10-19)12-17(23)21-13-5-6-13/h7-8,11,13H,2-6,9-10,12H2,1H3,(H,21,23)(H,22,24). The van der Waals surface area contributed by atoms with Crippen LogP contribution in [0, 0.1) is 5.41 Å². The van der Waals surface area contributed by atoms with E-state index in [1.165, 1.54) is 0 Å². The van der Waals surface area contributed by atoms with Crippen molar-refractivity contribution in [2.75, 3.05) is 12.4 Å². The molecule has 0 atom stereocenters. The summed E-state index contributed by atoms with van der Waals surface area (Å²) in [5.41, 5.74) is 0.00670. The van der Waals surface area contributed by atoms with E-state index in [0.717, 1.165) is 44.9 Å². The second-order valence-corrected chi connectivity index (χ2v) is 7.57. The van der Waals surface area contributed by atoms with E-state index < -0.39 is 5.41 Å². The van der Waals surface area contributed by atoms with E-state index in [1.807, 2.05) is 0 Å². The van der Waals surface area contributed by atoms with Crippen LogP contribution in [0.4, 0.5) is 5.69 Å². The topological polar surface area (TPSA) is 67.4 Å². The normalized spacial score (nSPS) is 19.1. The van der Waals surface area contributed by atoms with Crippen molar-refractivity contribution in [1.82, 2.24) is 5.32 Å². The highest BCUT2D eigenvalue weighted by Gasteiger charge is 2.42. The molecule has 0 unspecified atom stereocenters. The van der Waals surface area contributed by atoms with Crippen molar-refractivity contribution in [2.45, 2.75) is 57.4 Å². The number of hydrogen-bond donors (Lipinski definition) is 2. The van der Waals surface area contributed by atoms with Crippen molar-refractivity contribution in [3.8, 4) is 5.75 Å². The Morgan fingerprint density at radius 3 is 2.56 bits per heavy atom. The van der Waals surface area contributed by atoms with Gasteiger partial charge in [-0.25, -0.2) is 0 Å². The van der Waals surface area contributed by atoms with Crippen molar-refractivity contribution in [3.05, 3.63) is 23.2 Å². The Hall–Kier alpha value is -1.75. The number of ether oxygens (including phenoxy) is 1. The molecule has 0 bridgehead atoms. The molecular formula is C19H25ClN2O3. The van der Waals surface area contributed by atoms with E-state index >= 15 is 0 Å². The molecule has 25 heavy (non-hydrogen) atoms. The molecule has 2 aliphatic carbocycles. The van der Waals surface area contributed by atoms with Gasteiger partial charge in [0.25, 0.3) is 0 Å². The molecule has 2 saturated carbocycles. The van der Waals surface area contributed by atoms with Gasteiger partial charge in [-0.15, -0.1) is 0 Å². The predicted molar refractivity (Wildman–Crippen MR) is 97.9 cm³/mol.